The van der Waals surface area contributed by atoms with Crippen LogP contribution in [0.1, 0.15) is 34.7 Å². The molecule has 1 aromatic carbocycles. The van der Waals surface area contributed by atoms with Crippen LogP contribution < -0.4 is 5.73 Å². The molecule has 3 heteroatoms. The molecule has 90 valence electrons. The second-order valence-corrected chi connectivity index (χ2v) is 5.35. The van der Waals surface area contributed by atoms with Crippen LogP contribution in [0.5, 0.6) is 0 Å². The summed E-state index contributed by atoms with van der Waals surface area (Å²) in [6.45, 7) is 4.92. The smallest absolute Gasteiger partial charge is 0.0972 e. The average molecular weight is 246 g/mol. The first kappa shape index (κ1) is 12.3. The number of hydrogen-bond acceptors (Lipinski definition) is 3. The van der Waals surface area contributed by atoms with E-state index in [2.05, 4.69) is 48.5 Å². The highest BCUT2D eigenvalue weighted by Crippen LogP contribution is 2.21. The molecule has 0 saturated heterocycles. The fourth-order valence-electron chi connectivity index (χ4n) is 1.72. The Hall–Kier alpha value is -1.19. The molecule has 2 rings (SSSR count). The van der Waals surface area contributed by atoms with Crippen LogP contribution in [-0.4, -0.2) is 11.5 Å². The van der Waals surface area contributed by atoms with E-state index in [0.717, 1.165) is 12.1 Å². The summed E-state index contributed by atoms with van der Waals surface area (Å²) < 4.78 is 0. The van der Waals surface area contributed by atoms with E-state index in [4.69, 9.17) is 5.73 Å². The van der Waals surface area contributed by atoms with E-state index >= 15 is 0 Å². The van der Waals surface area contributed by atoms with E-state index in [1.54, 1.807) is 11.3 Å². The third-order valence-corrected chi connectivity index (χ3v) is 3.90. The van der Waals surface area contributed by atoms with Crippen molar-refractivity contribution in [2.75, 3.05) is 6.54 Å². The van der Waals surface area contributed by atoms with Gasteiger partial charge in [-0.05, 0) is 18.1 Å². The van der Waals surface area contributed by atoms with Gasteiger partial charge in [0.2, 0.25) is 0 Å². The van der Waals surface area contributed by atoms with Gasteiger partial charge in [-0.25, -0.2) is 4.98 Å². The van der Waals surface area contributed by atoms with Crippen LogP contribution in [0.2, 0.25) is 0 Å². The Labute approximate surface area is 107 Å². The summed E-state index contributed by atoms with van der Waals surface area (Å²) in [5.74, 6) is 0.358. The summed E-state index contributed by atoms with van der Waals surface area (Å²) in [6, 6.07) is 8.47. The summed E-state index contributed by atoms with van der Waals surface area (Å²) in [5.41, 5.74) is 9.47. The fraction of sp³-hybridized carbons (Fsp3) is 0.357. The van der Waals surface area contributed by atoms with Gasteiger partial charge in [0.05, 0.1) is 10.7 Å². The maximum absolute atomic E-state index is 5.65. The van der Waals surface area contributed by atoms with Gasteiger partial charge in [-0.3, -0.25) is 0 Å². The van der Waals surface area contributed by atoms with Gasteiger partial charge in [0.1, 0.15) is 0 Å². The monoisotopic (exact) mass is 246 g/mol. The SMILES string of the molecule is Cc1ccccc1Cc1nc(C(C)CN)cs1. The standard InChI is InChI=1S/C14H18N2S/c1-10-5-3-4-6-12(10)7-14-16-13(9-17-14)11(2)8-15/h3-6,9,11H,7-8,15H2,1-2H3. The summed E-state index contributed by atoms with van der Waals surface area (Å²) >= 11 is 1.73. The van der Waals surface area contributed by atoms with Gasteiger partial charge in [-0.15, -0.1) is 11.3 Å². The van der Waals surface area contributed by atoms with E-state index in [-0.39, 0.29) is 0 Å². The molecule has 0 aliphatic carbocycles. The van der Waals surface area contributed by atoms with Gasteiger partial charge >= 0.3 is 0 Å². The van der Waals surface area contributed by atoms with Crippen molar-refractivity contribution in [2.45, 2.75) is 26.2 Å². The number of nitrogens with two attached hydrogens (primary N) is 1. The van der Waals surface area contributed by atoms with E-state index < -0.39 is 0 Å². The minimum absolute atomic E-state index is 0.358. The molecule has 2 nitrogen and oxygen atoms in total. The molecule has 0 radical (unpaired) electrons. The lowest BCUT2D eigenvalue weighted by Gasteiger charge is -2.04. The van der Waals surface area contributed by atoms with Gasteiger partial charge in [0.15, 0.2) is 0 Å². The topological polar surface area (TPSA) is 38.9 Å². The summed E-state index contributed by atoms with van der Waals surface area (Å²) in [6.07, 6.45) is 0.925. The van der Waals surface area contributed by atoms with E-state index in [1.807, 2.05) is 0 Å². The molecule has 1 atom stereocenters. The molecule has 0 spiro atoms. The molecule has 1 aromatic heterocycles. The molecule has 0 bridgehead atoms. The number of hydrogen-bond donors (Lipinski definition) is 1. The van der Waals surface area contributed by atoms with Crippen LogP contribution in [0.15, 0.2) is 29.6 Å². The van der Waals surface area contributed by atoms with E-state index in [1.165, 1.54) is 16.1 Å². The third-order valence-electron chi connectivity index (χ3n) is 3.03. The normalized spacial score (nSPS) is 12.6. The maximum atomic E-state index is 5.65. The number of thiazole rings is 1. The molecule has 1 heterocycles. The number of aryl methyl sites for hydroxylation is 1. The maximum Gasteiger partial charge on any atom is 0.0972 e. The van der Waals surface area contributed by atoms with E-state index in [9.17, 15) is 0 Å². The summed E-state index contributed by atoms with van der Waals surface area (Å²) in [7, 11) is 0. The zero-order valence-corrected chi connectivity index (χ0v) is 11.1. The van der Waals surface area contributed by atoms with Crippen molar-refractivity contribution in [2.24, 2.45) is 5.73 Å². The number of nitrogens with zero attached hydrogens (tertiary/aromatic N) is 1. The Balaban J connectivity index is 2.14. The third kappa shape index (κ3) is 2.93. The predicted octanol–water partition coefficient (Wildman–Crippen LogP) is 3.10. The first-order valence-electron chi connectivity index (χ1n) is 5.89. The van der Waals surface area contributed by atoms with Gasteiger partial charge in [0, 0.05) is 24.3 Å². The van der Waals surface area contributed by atoms with Crippen molar-refractivity contribution in [3.05, 3.63) is 51.5 Å². The van der Waals surface area contributed by atoms with Crippen LogP contribution in [0.4, 0.5) is 0 Å². The van der Waals surface area contributed by atoms with Crippen molar-refractivity contribution in [3.63, 3.8) is 0 Å². The van der Waals surface area contributed by atoms with Crippen molar-refractivity contribution in [1.29, 1.82) is 0 Å². The number of benzene rings is 1. The lowest BCUT2D eigenvalue weighted by atomic mass is 10.1. The summed E-state index contributed by atoms with van der Waals surface area (Å²) in [4.78, 5) is 4.66. The molecule has 0 aliphatic heterocycles. The largest absolute Gasteiger partial charge is 0.330 e. The van der Waals surface area contributed by atoms with Crippen LogP contribution in [0.25, 0.3) is 0 Å². The lowest BCUT2D eigenvalue weighted by Crippen LogP contribution is -2.09. The quantitative estimate of drug-likeness (QED) is 0.900. The molecular formula is C14H18N2S. The van der Waals surface area contributed by atoms with Crippen molar-refractivity contribution in [3.8, 4) is 0 Å². The zero-order valence-electron chi connectivity index (χ0n) is 10.3. The molecular weight excluding hydrogens is 228 g/mol. The molecule has 0 saturated carbocycles. The van der Waals surface area contributed by atoms with Crippen molar-refractivity contribution >= 4 is 11.3 Å². The first-order valence-corrected chi connectivity index (χ1v) is 6.77. The number of aromatic nitrogens is 1. The molecule has 0 fully saturated rings. The van der Waals surface area contributed by atoms with Crippen LogP contribution in [0.3, 0.4) is 0 Å². The Kier molecular flexibility index (Phi) is 3.92. The minimum Gasteiger partial charge on any atom is -0.330 e. The fourth-order valence-corrected chi connectivity index (χ4v) is 2.66. The highest BCUT2D eigenvalue weighted by atomic mass is 32.1. The van der Waals surface area contributed by atoms with Gasteiger partial charge in [0.25, 0.3) is 0 Å². The lowest BCUT2D eigenvalue weighted by molar-refractivity contribution is 0.747. The molecule has 2 aromatic rings. The molecule has 2 N–H and O–H groups in total. The van der Waals surface area contributed by atoms with Gasteiger partial charge in [-0.2, -0.15) is 0 Å². The molecule has 0 aliphatic rings. The van der Waals surface area contributed by atoms with Crippen LogP contribution in [-0.2, 0) is 6.42 Å². The Morgan fingerprint density at radius 1 is 1.35 bits per heavy atom. The Morgan fingerprint density at radius 2 is 2.12 bits per heavy atom. The van der Waals surface area contributed by atoms with Crippen LogP contribution in [0, 0.1) is 6.92 Å². The first-order chi connectivity index (χ1) is 8.20. The molecule has 0 amide bonds. The van der Waals surface area contributed by atoms with Crippen molar-refractivity contribution in [1.82, 2.24) is 4.98 Å². The second kappa shape index (κ2) is 5.43. The van der Waals surface area contributed by atoms with Crippen LogP contribution >= 0.6 is 11.3 Å². The Morgan fingerprint density at radius 3 is 2.82 bits per heavy atom. The highest BCUT2D eigenvalue weighted by Gasteiger charge is 2.09. The zero-order chi connectivity index (χ0) is 12.3. The van der Waals surface area contributed by atoms with Gasteiger partial charge in [-0.1, -0.05) is 31.2 Å². The molecule has 1 unspecified atom stereocenters. The predicted molar refractivity (Wildman–Crippen MR) is 73.6 cm³/mol. The summed E-state index contributed by atoms with van der Waals surface area (Å²) in [5, 5.41) is 3.31. The molecule has 17 heavy (non-hydrogen) atoms. The average Bonchev–Trinajstić information content (AvgIpc) is 2.80. The number of rotatable bonds is 4. The van der Waals surface area contributed by atoms with Crippen molar-refractivity contribution < 1.29 is 0 Å². The second-order valence-electron chi connectivity index (χ2n) is 4.41. The Bertz CT molecular complexity index is 490. The van der Waals surface area contributed by atoms with E-state index in [0.29, 0.717) is 12.5 Å². The highest BCUT2D eigenvalue weighted by molar-refractivity contribution is 7.09. The van der Waals surface area contributed by atoms with Gasteiger partial charge < -0.3 is 5.73 Å². The minimum atomic E-state index is 0.358.